The van der Waals surface area contributed by atoms with Gasteiger partial charge < -0.3 is 14.5 Å². The van der Waals surface area contributed by atoms with Crippen molar-refractivity contribution in [2.24, 2.45) is 14.1 Å². The van der Waals surface area contributed by atoms with Gasteiger partial charge in [0.15, 0.2) is 5.82 Å². The van der Waals surface area contributed by atoms with Gasteiger partial charge in [-0.1, -0.05) is 0 Å². The summed E-state index contributed by atoms with van der Waals surface area (Å²) >= 11 is 0. The number of benzene rings is 2. The first-order chi connectivity index (χ1) is 19.1. The van der Waals surface area contributed by atoms with Crippen molar-refractivity contribution in [3.63, 3.8) is 0 Å². The SMILES string of the molecule is Cc1c(-c2ncc(-c3cc4c([C@@H](C)Nc5ccc(F)cc5C#N)cc(F)cc4c(=O)n3C)cn2)ccn(C)c1=O. The zero-order chi connectivity index (χ0) is 28.7. The van der Waals surface area contributed by atoms with Crippen molar-refractivity contribution < 1.29 is 8.78 Å². The van der Waals surface area contributed by atoms with Crippen molar-refractivity contribution in [3.8, 4) is 28.7 Å². The van der Waals surface area contributed by atoms with Crippen molar-refractivity contribution in [1.82, 2.24) is 19.1 Å². The first-order valence-corrected chi connectivity index (χ1v) is 12.4. The first kappa shape index (κ1) is 26.4. The third kappa shape index (κ3) is 4.62. The van der Waals surface area contributed by atoms with Crippen LogP contribution >= 0.6 is 0 Å². The number of aryl methyl sites for hydroxylation is 1. The number of halogens is 2. The van der Waals surface area contributed by atoms with Crippen LogP contribution in [0.5, 0.6) is 0 Å². The molecule has 0 radical (unpaired) electrons. The summed E-state index contributed by atoms with van der Waals surface area (Å²) in [7, 11) is 3.25. The molecule has 200 valence electrons. The molecule has 0 fully saturated rings. The number of nitrogens with zero attached hydrogens (tertiary/aromatic N) is 5. The van der Waals surface area contributed by atoms with E-state index in [1.807, 2.05) is 6.07 Å². The molecule has 0 saturated heterocycles. The van der Waals surface area contributed by atoms with Gasteiger partial charge in [0.05, 0.1) is 22.3 Å². The van der Waals surface area contributed by atoms with Crippen LogP contribution in [0.3, 0.4) is 0 Å². The third-order valence-corrected chi connectivity index (χ3v) is 6.99. The van der Waals surface area contributed by atoms with Crippen LogP contribution in [-0.4, -0.2) is 19.1 Å². The topological polar surface area (TPSA) is 106 Å². The summed E-state index contributed by atoms with van der Waals surface area (Å²) in [6.07, 6.45) is 4.79. The molecule has 10 heteroatoms. The van der Waals surface area contributed by atoms with Gasteiger partial charge in [-0.3, -0.25) is 9.59 Å². The fraction of sp³-hybridized carbons (Fsp3) is 0.167. The number of hydrogen-bond donors (Lipinski definition) is 1. The molecule has 0 saturated carbocycles. The average molecular weight is 539 g/mol. The average Bonchev–Trinajstić information content (AvgIpc) is 2.94. The second-order valence-electron chi connectivity index (χ2n) is 9.58. The molecule has 3 heterocycles. The van der Waals surface area contributed by atoms with Gasteiger partial charge in [0.25, 0.3) is 11.1 Å². The molecule has 0 spiro atoms. The van der Waals surface area contributed by atoms with Crippen LogP contribution in [0.25, 0.3) is 33.4 Å². The Hall–Kier alpha value is -5.17. The van der Waals surface area contributed by atoms with E-state index in [1.165, 1.54) is 33.4 Å². The number of fused-ring (bicyclic) bond motifs is 1. The zero-order valence-corrected chi connectivity index (χ0v) is 22.2. The molecule has 0 aliphatic rings. The summed E-state index contributed by atoms with van der Waals surface area (Å²) in [4.78, 5) is 34.6. The van der Waals surface area contributed by atoms with Crippen LogP contribution in [0, 0.1) is 29.9 Å². The Labute approximate surface area is 227 Å². The fourth-order valence-corrected chi connectivity index (χ4v) is 4.78. The highest BCUT2D eigenvalue weighted by atomic mass is 19.1. The molecular weight excluding hydrogens is 514 g/mol. The van der Waals surface area contributed by atoms with Gasteiger partial charge in [-0.15, -0.1) is 0 Å². The van der Waals surface area contributed by atoms with Crippen molar-refractivity contribution in [1.29, 1.82) is 5.26 Å². The number of rotatable bonds is 5. The van der Waals surface area contributed by atoms with Gasteiger partial charge in [-0.2, -0.15) is 5.26 Å². The van der Waals surface area contributed by atoms with Crippen LogP contribution < -0.4 is 16.4 Å². The lowest BCUT2D eigenvalue weighted by Crippen LogP contribution is -2.20. The van der Waals surface area contributed by atoms with Gasteiger partial charge in [0.1, 0.15) is 17.7 Å². The molecule has 0 aliphatic heterocycles. The second kappa shape index (κ2) is 10.2. The van der Waals surface area contributed by atoms with Gasteiger partial charge in [0, 0.05) is 55.4 Å². The lowest BCUT2D eigenvalue weighted by molar-refractivity contribution is 0.625. The zero-order valence-electron chi connectivity index (χ0n) is 22.2. The second-order valence-corrected chi connectivity index (χ2v) is 9.58. The minimum Gasteiger partial charge on any atom is -0.377 e. The summed E-state index contributed by atoms with van der Waals surface area (Å²) in [5.41, 5.74) is 2.59. The van der Waals surface area contributed by atoms with E-state index < -0.39 is 23.2 Å². The monoisotopic (exact) mass is 538 g/mol. The number of nitriles is 1. The first-order valence-electron chi connectivity index (χ1n) is 12.4. The molecule has 0 unspecified atom stereocenters. The van der Waals surface area contributed by atoms with E-state index in [0.717, 1.165) is 6.07 Å². The molecule has 1 atom stereocenters. The van der Waals surface area contributed by atoms with Crippen molar-refractivity contribution in [2.45, 2.75) is 19.9 Å². The van der Waals surface area contributed by atoms with E-state index >= 15 is 0 Å². The molecule has 40 heavy (non-hydrogen) atoms. The van der Waals surface area contributed by atoms with Crippen LogP contribution in [-0.2, 0) is 14.1 Å². The van der Waals surface area contributed by atoms with E-state index in [1.54, 1.807) is 58.7 Å². The number of hydrogen-bond acceptors (Lipinski definition) is 6. The van der Waals surface area contributed by atoms with E-state index in [2.05, 4.69) is 15.3 Å². The Kier molecular flexibility index (Phi) is 6.73. The van der Waals surface area contributed by atoms with Crippen LogP contribution in [0.1, 0.15) is 29.7 Å². The highest BCUT2D eigenvalue weighted by Crippen LogP contribution is 2.31. The van der Waals surface area contributed by atoms with Crippen molar-refractivity contribution in [3.05, 3.63) is 110 Å². The molecule has 1 N–H and O–H groups in total. The van der Waals surface area contributed by atoms with Crippen molar-refractivity contribution in [2.75, 3.05) is 5.32 Å². The maximum atomic E-state index is 14.7. The number of pyridine rings is 2. The Morgan fingerprint density at radius 2 is 1.68 bits per heavy atom. The van der Waals surface area contributed by atoms with E-state index in [9.17, 15) is 23.6 Å². The van der Waals surface area contributed by atoms with Crippen LogP contribution in [0.4, 0.5) is 14.5 Å². The van der Waals surface area contributed by atoms with Gasteiger partial charge in [-0.25, -0.2) is 18.7 Å². The maximum absolute atomic E-state index is 14.7. The molecule has 3 aromatic heterocycles. The minimum atomic E-state index is -0.585. The molecule has 0 aliphatic carbocycles. The van der Waals surface area contributed by atoms with Gasteiger partial charge >= 0.3 is 0 Å². The molecule has 0 bridgehead atoms. The van der Waals surface area contributed by atoms with E-state index in [4.69, 9.17) is 0 Å². The number of anilines is 1. The highest BCUT2D eigenvalue weighted by Gasteiger charge is 2.18. The maximum Gasteiger partial charge on any atom is 0.258 e. The Balaban J connectivity index is 1.60. The highest BCUT2D eigenvalue weighted by molar-refractivity contribution is 5.89. The number of nitrogens with one attached hydrogen (secondary N) is 1. The summed E-state index contributed by atoms with van der Waals surface area (Å²) in [6, 6.07) is 11.3. The van der Waals surface area contributed by atoms with Crippen LogP contribution in [0.15, 0.2) is 70.6 Å². The quantitative estimate of drug-likeness (QED) is 0.338. The molecule has 0 amide bonds. The minimum absolute atomic E-state index is 0.105. The third-order valence-electron chi connectivity index (χ3n) is 6.99. The molecule has 8 nitrogen and oxygen atoms in total. The lowest BCUT2D eigenvalue weighted by Gasteiger charge is -2.20. The Morgan fingerprint density at radius 1 is 0.950 bits per heavy atom. The summed E-state index contributed by atoms with van der Waals surface area (Å²) < 4.78 is 31.2. The summed E-state index contributed by atoms with van der Waals surface area (Å²) in [5, 5.41) is 13.2. The van der Waals surface area contributed by atoms with Crippen LogP contribution in [0.2, 0.25) is 0 Å². The predicted octanol–water partition coefficient (Wildman–Crippen LogP) is 4.99. The number of aromatic nitrogens is 4. The standard InChI is InChI=1S/C30H24F2N6O2/c1-16-22(7-8-37(3)29(16)39)28-34-14-19(15-35-28)27-12-24-23(10-21(32)11-25(24)30(40)38(27)4)17(2)36-26-6-5-20(31)9-18(26)13-33/h5-12,14-15,17,36H,1-4H3/t17-/m1/s1. The lowest BCUT2D eigenvalue weighted by atomic mass is 9.98. The van der Waals surface area contributed by atoms with Crippen molar-refractivity contribution >= 4 is 16.5 Å². The van der Waals surface area contributed by atoms with Gasteiger partial charge in [0.2, 0.25) is 0 Å². The normalized spacial score (nSPS) is 11.8. The summed E-state index contributed by atoms with van der Waals surface area (Å²) in [5.74, 6) is -0.757. The van der Waals surface area contributed by atoms with E-state index in [0.29, 0.717) is 44.8 Å². The summed E-state index contributed by atoms with van der Waals surface area (Å²) in [6.45, 7) is 3.48. The van der Waals surface area contributed by atoms with E-state index in [-0.39, 0.29) is 16.5 Å². The largest absolute Gasteiger partial charge is 0.377 e. The fourth-order valence-electron chi connectivity index (χ4n) is 4.78. The Morgan fingerprint density at radius 3 is 2.38 bits per heavy atom. The molecular formula is C30H24F2N6O2. The van der Waals surface area contributed by atoms with Gasteiger partial charge in [-0.05, 0) is 67.3 Å². The Bertz CT molecular complexity index is 1960. The molecule has 5 rings (SSSR count). The molecule has 2 aromatic carbocycles. The predicted molar refractivity (Wildman–Crippen MR) is 149 cm³/mol. The molecule has 5 aromatic rings. The smallest absolute Gasteiger partial charge is 0.258 e.